The van der Waals surface area contributed by atoms with Crippen LogP contribution in [0, 0.1) is 0 Å². The molecule has 0 atom stereocenters. The van der Waals surface area contributed by atoms with Crippen LogP contribution in [0.1, 0.15) is 22.8 Å². The third kappa shape index (κ3) is 2.84. The molecule has 0 radical (unpaired) electrons. The van der Waals surface area contributed by atoms with Crippen LogP contribution in [-0.2, 0) is 6.54 Å². The summed E-state index contributed by atoms with van der Waals surface area (Å²) in [6, 6.07) is 17.9. The molecule has 5 heteroatoms. The number of hydrazone groups is 1. The number of amides is 1. The molecule has 0 saturated carbocycles. The van der Waals surface area contributed by atoms with Crippen LogP contribution in [-0.4, -0.2) is 21.7 Å². The molecular weight excluding hydrogens is 324 g/mol. The zero-order valence-electron chi connectivity index (χ0n) is 14.4. The summed E-state index contributed by atoms with van der Waals surface area (Å²) in [5.74, 6) is -0.257. The second-order valence-corrected chi connectivity index (χ2v) is 5.97. The first-order chi connectivity index (χ1) is 12.8. The molecule has 2 aromatic heterocycles. The highest BCUT2D eigenvalue weighted by Crippen LogP contribution is 2.29. The number of pyridine rings is 1. The minimum atomic E-state index is -0.257. The van der Waals surface area contributed by atoms with Gasteiger partial charge in [0.1, 0.15) is 0 Å². The predicted octanol–water partition coefficient (Wildman–Crippen LogP) is 3.97. The van der Waals surface area contributed by atoms with E-state index in [1.54, 1.807) is 30.7 Å². The lowest BCUT2D eigenvalue weighted by molar-refractivity contribution is 0.0955. The Hall–Kier alpha value is -3.47. The number of hydrogen-bond donors (Lipinski definition) is 1. The Labute approximate surface area is 151 Å². The molecule has 128 valence electrons. The smallest absolute Gasteiger partial charge is 0.271 e. The van der Waals surface area contributed by atoms with Crippen molar-refractivity contribution in [1.82, 2.24) is 15.0 Å². The molecule has 2 aromatic carbocycles. The number of rotatable bonds is 4. The highest BCUT2D eigenvalue weighted by atomic mass is 16.2. The lowest BCUT2D eigenvalue weighted by Crippen LogP contribution is -2.17. The normalized spacial score (nSPS) is 11.4. The Morgan fingerprint density at radius 2 is 1.85 bits per heavy atom. The van der Waals surface area contributed by atoms with E-state index in [1.807, 2.05) is 6.07 Å². The molecule has 0 saturated heterocycles. The van der Waals surface area contributed by atoms with Gasteiger partial charge in [-0.05, 0) is 42.8 Å². The first-order valence-electron chi connectivity index (χ1n) is 8.52. The van der Waals surface area contributed by atoms with Crippen LogP contribution in [0.25, 0.3) is 21.8 Å². The molecule has 0 spiro atoms. The van der Waals surface area contributed by atoms with Gasteiger partial charge in [-0.2, -0.15) is 5.10 Å². The molecule has 0 unspecified atom stereocenters. The van der Waals surface area contributed by atoms with Crippen molar-refractivity contribution in [3.05, 3.63) is 78.1 Å². The van der Waals surface area contributed by atoms with Crippen LogP contribution in [0.3, 0.4) is 0 Å². The van der Waals surface area contributed by atoms with Gasteiger partial charge in [-0.3, -0.25) is 9.78 Å². The molecule has 26 heavy (non-hydrogen) atoms. The van der Waals surface area contributed by atoms with Crippen molar-refractivity contribution in [1.29, 1.82) is 0 Å². The Balaban J connectivity index is 1.63. The van der Waals surface area contributed by atoms with Crippen molar-refractivity contribution < 1.29 is 4.79 Å². The van der Waals surface area contributed by atoms with E-state index in [0.29, 0.717) is 5.56 Å². The SMILES string of the molecule is CCn1c2ccccc2c2cc(/C=N\NC(=O)c3ccncc3)ccc21. The fourth-order valence-corrected chi connectivity index (χ4v) is 3.23. The zero-order valence-corrected chi connectivity index (χ0v) is 14.4. The monoisotopic (exact) mass is 342 g/mol. The molecule has 0 aliphatic heterocycles. The van der Waals surface area contributed by atoms with E-state index in [4.69, 9.17) is 0 Å². The maximum atomic E-state index is 12.0. The van der Waals surface area contributed by atoms with E-state index in [9.17, 15) is 4.79 Å². The van der Waals surface area contributed by atoms with E-state index in [-0.39, 0.29) is 5.91 Å². The zero-order chi connectivity index (χ0) is 17.9. The Kier molecular flexibility index (Phi) is 4.19. The van der Waals surface area contributed by atoms with Gasteiger partial charge in [-0.15, -0.1) is 0 Å². The second kappa shape index (κ2) is 6.80. The number of aromatic nitrogens is 2. The molecular formula is C21H18N4O. The van der Waals surface area contributed by atoms with Gasteiger partial charge in [0.05, 0.1) is 6.21 Å². The average molecular weight is 342 g/mol. The van der Waals surface area contributed by atoms with Gasteiger partial charge in [-0.1, -0.05) is 24.3 Å². The minimum absolute atomic E-state index is 0.257. The predicted molar refractivity (Wildman–Crippen MR) is 104 cm³/mol. The summed E-state index contributed by atoms with van der Waals surface area (Å²) in [6.45, 7) is 3.06. The van der Waals surface area contributed by atoms with Crippen LogP contribution >= 0.6 is 0 Å². The van der Waals surface area contributed by atoms with Crippen molar-refractivity contribution in [2.24, 2.45) is 5.10 Å². The fourth-order valence-electron chi connectivity index (χ4n) is 3.23. The summed E-state index contributed by atoms with van der Waals surface area (Å²) in [4.78, 5) is 15.9. The summed E-state index contributed by atoms with van der Waals surface area (Å²) < 4.78 is 2.30. The number of fused-ring (bicyclic) bond motifs is 3. The second-order valence-electron chi connectivity index (χ2n) is 5.97. The molecule has 4 aromatic rings. The largest absolute Gasteiger partial charge is 0.341 e. The van der Waals surface area contributed by atoms with E-state index >= 15 is 0 Å². The maximum absolute atomic E-state index is 12.0. The Morgan fingerprint density at radius 1 is 1.08 bits per heavy atom. The quantitative estimate of drug-likeness (QED) is 0.450. The van der Waals surface area contributed by atoms with Gasteiger partial charge in [-0.25, -0.2) is 5.43 Å². The highest BCUT2D eigenvalue weighted by molar-refractivity contribution is 6.09. The van der Waals surface area contributed by atoms with Crippen molar-refractivity contribution >= 4 is 33.9 Å². The lowest BCUT2D eigenvalue weighted by atomic mass is 10.1. The van der Waals surface area contributed by atoms with Gasteiger partial charge in [0.15, 0.2) is 0 Å². The van der Waals surface area contributed by atoms with Crippen LogP contribution in [0.4, 0.5) is 0 Å². The maximum Gasteiger partial charge on any atom is 0.271 e. The van der Waals surface area contributed by atoms with Crippen LogP contribution < -0.4 is 5.43 Å². The number of nitrogens with zero attached hydrogens (tertiary/aromatic N) is 3. The third-order valence-electron chi connectivity index (χ3n) is 4.43. The van der Waals surface area contributed by atoms with E-state index in [0.717, 1.165) is 12.1 Å². The van der Waals surface area contributed by atoms with Gasteiger partial charge < -0.3 is 4.57 Å². The molecule has 1 amide bonds. The molecule has 2 heterocycles. The first-order valence-corrected chi connectivity index (χ1v) is 8.52. The van der Waals surface area contributed by atoms with Crippen molar-refractivity contribution in [2.75, 3.05) is 0 Å². The van der Waals surface area contributed by atoms with Gasteiger partial charge in [0, 0.05) is 46.3 Å². The van der Waals surface area contributed by atoms with E-state index in [1.165, 1.54) is 21.8 Å². The van der Waals surface area contributed by atoms with Gasteiger partial charge in [0.2, 0.25) is 0 Å². The Bertz CT molecular complexity index is 1110. The number of carbonyl (C=O) groups is 1. The molecule has 5 nitrogen and oxygen atoms in total. The van der Waals surface area contributed by atoms with Crippen molar-refractivity contribution in [3.8, 4) is 0 Å². The fraction of sp³-hybridized carbons (Fsp3) is 0.0952. The lowest BCUT2D eigenvalue weighted by Gasteiger charge is -2.02. The van der Waals surface area contributed by atoms with E-state index < -0.39 is 0 Å². The van der Waals surface area contributed by atoms with Crippen LogP contribution in [0.2, 0.25) is 0 Å². The standard InChI is InChI=1S/C21H18N4O/c1-2-25-19-6-4-3-5-17(19)18-13-15(7-8-20(18)25)14-23-24-21(26)16-9-11-22-12-10-16/h3-14H,2H2,1H3,(H,24,26)/b23-14-. The van der Waals surface area contributed by atoms with Crippen LogP contribution in [0.15, 0.2) is 72.1 Å². The molecule has 0 aliphatic carbocycles. The molecule has 0 fully saturated rings. The topological polar surface area (TPSA) is 59.3 Å². The minimum Gasteiger partial charge on any atom is -0.341 e. The molecule has 1 N–H and O–H groups in total. The highest BCUT2D eigenvalue weighted by Gasteiger charge is 2.09. The number of carbonyl (C=O) groups excluding carboxylic acids is 1. The molecule has 0 bridgehead atoms. The van der Waals surface area contributed by atoms with Crippen LogP contribution in [0.5, 0.6) is 0 Å². The number of aryl methyl sites for hydroxylation is 1. The summed E-state index contributed by atoms with van der Waals surface area (Å²) >= 11 is 0. The number of benzene rings is 2. The number of nitrogens with one attached hydrogen (secondary N) is 1. The third-order valence-corrected chi connectivity index (χ3v) is 4.43. The van der Waals surface area contributed by atoms with E-state index in [2.05, 4.69) is 63.4 Å². The summed E-state index contributed by atoms with van der Waals surface area (Å²) in [5.41, 5.74) is 6.44. The summed E-state index contributed by atoms with van der Waals surface area (Å²) in [6.07, 6.45) is 4.82. The summed E-state index contributed by atoms with van der Waals surface area (Å²) in [7, 11) is 0. The molecule has 0 aliphatic rings. The Morgan fingerprint density at radius 3 is 2.65 bits per heavy atom. The van der Waals surface area contributed by atoms with Crippen molar-refractivity contribution in [3.63, 3.8) is 0 Å². The van der Waals surface area contributed by atoms with Gasteiger partial charge >= 0.3 is 0 Å². The summed E-state index contributed by atoms with van der Waals surface area (Å²) in [5, 5.41) is 6.49. The first kappa shape index (κ1) is 16.0. The van der Waals surface area contributed by atoms with Crippen molar-refractivity contribution in [2.45, 2.75) is 13.5 Å². The average Bonchev–Trinajstić information content (AvgIpc) is 3.01. The van der Waals surface area contributed by atoms with Gasteiger partial charge in [0.25, 0.3) is 5.91 Å². The number of para-hydroxylation sites is 1. The number of hydrogen-bond acceptors (Lipinski definition) is 3. The molecule has 4 rings (SSSR count).